The van der Waals surface area contributed by atoms with E-state index in [2.05, 4.69) is 9.55 Å². The molecule has 1 aromatic rings. The van der Waals surface area contributed by atoms with E-state index in [1.807, 2.05) is 17.3 Å². The van der Waals surface area contributed by atoms with Crippen LogP contribution in [0.3, 0.4) is 0 Å². The summed E-state index contributed by atoms with van der Waals surface area (Å²) in [7, 11) is 0. The van der Waals surface area contributed by atoms with Crippen molar-refractivity contribution in [3.05, 3.63) is 18.2 Å². The molecule has 2 heterocycles. The van der Waals surface area contributed by atoms with Crippen LogP contribution in [0, 0.1) is 17.8 Å². The Balaban J connectivity index is 1.46. The fourth-order valence-electron chi connectivity index (χ4n) is 4.61. The van der Waals surface area contributed by atoms with Gasteiger partial charge in [0.1, 0.15) is 5.82 Å². The molecule has 1 amide bonds. The van der Waals surface area contributed by atoms with E-state index in [0.717, 1.165) is 31.8 Å². The number of carbonyl (C=O) groups is 1. The van der Waals surface area contributed by atoms with E-state index < -0.39 is 0 Å². The molecule has 2 unspecified atom stereocenters. The normalized spacial score (nSPS) is 35.4. The molecule has 0 aromatic carbocycles. The van der Waals surface area contributed by atoms with Gasteiger partial charge in [0.2, 0.25) is 5.91 Å². The van der Waals surface area contributed by atoms with Crippen molar-refractivity contribution in [3.63, 3.8) is 0 Å². The lowest BCUT2D eigenvalue weighted by molar-refractivity contribution is -0.140. The molecule has 0 spiro atoms. The molecule has 2 bridgehead atoms. The Labute approximate surface area is 125 Å². The van der Waals surface area contributed by atoms with Crippen molar-refractivity contribution in [2.45, 2.75) is 51.2 Å². The van der Waals surface area contributed by atoms with Crippen molar-refractivity contribution in [1.29, 1.82) is 0 Å². The summed E-state index contributed by atoms with van der Waals surface area (Å²) >= 11 is 0. The highest BCUT2D eigenvalue weighted by atomic mass is 16.2. The van der Waals surface area contributed by atoms with Crippen molar-refractivity contribution in [1.82, 2.24) is 14.5 Å². The molecule has 1 aromatic heterocycles. The van der Waals surface area contributed by atoms with Crippen LogP contribution in [0.25, 0.3) is 0 Å². The Morgan fingerprint density at radius 1 is 1.24 bits per heavy atom. The largest absolute Gasteiger partial charge is 0.333 e. The summed E-state index contributed by atoms with van der Waals surface area (Å²) in [6.07, 6.45) is 9.56. The first-order valence-corrected chi connectivity index (χ1v) is 8.27. The molecule has 5 nitrogen and oxygen atoms in total. The molecule has 114 valence electrons. The van der Waals surface area contributed by atoms with Crippen molar-refractivity contribution < 1.29 is 4.79 Å². The van der Waals surface area contributed by atoms with Crippen LogP contribution < -0.4 is 5.73 Å². The predicted molar refractivity (Wildman–Crippen MR) is 79.2 cm³/mol. The maximum atomic E-state index is 12.9. The summed E-state index contributed by atoms with van der Waals surface area (Å²) < 4.78 is 2.15. The third kappa shape index (κ3) is 2.27. The number of rotatable bonds is 1. The van der Waals surface area contributed by atoms with Gasteiger partial charge in [0.05, 0.1) is 6.54 Å². The zero-order valence-corrected chi connectivity index (χ0v) is 12.4. The van der Waals surface area contributed by atoms with Crippen LogP contribution in [-0.4, -0.2) is 32.9 Å². The molecule has 2 N–H and O–H groups in total. The Morgan fingerprint density at radius 2 is 2.00 bits per heavy atom. The molecule has 2 saturated carbocycles. The van der Waals surface area contributed by atoms with Crippen LogP contribution in [0.15, 0.2) is 12.4 Å². The molecule has 2 atom stereocenters. The van der Waals surface area contributed by atoms with Gasteiger partial charge in [-0.05, 0) is 37.5 Å². The summed E-state index contributed by atoms with van der Waals surface area (Å²) in [4.78, 5) is 19.2. The highest BCUT2D eigenvalue weighted by Gasteiger charge is 2.41. The monoisotopic (exact) mass is 288 g/mol. The molecule has 2 aliphatic carbocycles. The van der Waals surface area contributed by atoms with E-state index in [1.54, 1.807) is 0 Å². The van der Waals surface area contributed by atoms with Gasteiger partial charge in [-0.1, -0.05) is 6.42 Å². The SMILES string of the molecule is NC1C2CCCC1CC(C(=O)N1CCn3ccnc3C1)C2. The zero-order valence-electron chi connectivity index (χ0n) is 12.4. The van der Waals surface area contributed by atoms with Gasteiger partial charge in [-0.25, -0.2) is 4.98 Å². The van der Waals surface area contributed by atoms with Crippen molar-refractivity contribution in [2.75, 3.05) is 6.54 Å². The first-order chi connectivity index (χ1) is 10.2. The van der Waals surface area contributed by atoms with E-state index in [-0.39, 0.29) is 5.92 Å². The van der Waals surface area contributed by atoms with E-state index >= 15 is 0 Å². The first-order valence-electron chi connectivity index (χ1n) is 8.27. The minimum absolute atomic E-state index is 0.196. The standard InChI is InChI=1S/C16H24N4O/c17-15-11-2-1-3-12(15)9-13(8-11)16(21)20-7-6-19-5-4-18-14(19)10-20/h4-5,11-13,15H,1-3,6-10,17H2. The highest BCUT2D eigenvalue weighted by molar-refractivity contribution is 5.79. The van der Waals surface area contributed by atoms with E-state index in [4.69, 9.17) is 5.73 Å². The van der Waals surface area contributed by atoms with Gasteiger partial charge in [-0.15, -0.1) is 0 Å². The third-order valence-corrected chi connectivity index (χ3v) is 5.82. The molecule has 3 aliphatic rings. The van der Waals surface area contributed by atoms with E-state index in [0.29, 0.717) is 30.3 Å². The molecular formula is C16H24N4O. The molecule has 0 saturated heterocycles. The number of imidazole rings is 1. The third-order valence-electron chi connectivity index (χ3n) is 5.82. The number of carbonyl (C=O) groups excluding carboxylic acids is 1. The number of nitrogens with zero attached hydrogens (tertiary/aromatic N) is 3. The topological polar surface area (TPSA) is 64.2 Å². The van der Waals surface area contributed by atoms with Crippen molar-refractivity contribution >= 4 is 5.91 Å². The second-order valence-corrected chi connectivity index (χ2v) is 6.99. The Bertz CT molecular complexity index is 526. The molecule has 0 radical (unpaired) electrons. The van der Waals surface area contributed by atoms with Crippen molar-refractivity contribution in [3.8, 4) is 0 Å². The van der Waals surface area contributed by atoms with Crippen molar-refractivity contribution in [2.24, 2.45) is 23.5 Å². The number of hydrogen-bond donors (Lipinski definition) is 1. The minimum atomic E-state index is 0.196. The Hall–Kier alpha value is -1.36. The van der Waals surface area contributed by atoms with E-state index in [9.17, 15) is 4.79 Å². The second-order valence-electron chi connectivity index (χ2n) is 6.99. The van der Waals surface area contributed by atoms with Gasteiger partial charge in [-0.2, -0.15) is 0 Å². The average Bonchev–Trinajstić information content (AvgIpc) is 2.93. The maximum Gasteiger partial charge on any atom is 0.226 e. The maximum absolute atomic E-state index is 12.9. The smallest absolute Gasteiger partial charge is 0.226 e. The highest BCUT2D eigenvalue weighted by Crippen LogP contribution is 2.42. The number of nitrogens with two attached hydrogens (primary N) is 1. The van der Waals surface area contributed by atoms with Crippen LogP contribution >= 0.6 is 0 Å². The molecule has 1 aliphatic heterocycles. The molecule has 4 rings (SSSR count). The Morgan fingerprint density at radius 3 is 2.76 bits per heavy atom. The lowest BCUT2D eigenvalue weighted by Gasteiger charge is -2.44. The van der Waals surface area contributed by atoms with Gasteiger partial charge < -0.3 is 15.2 Å². The summed E-state index contributed by atoms with van der Waals surface area (Å²) in [6, 6.07) is 0.336. The summed E-state index contributed by atoms with van der Waals surface area (Å²) in [6.45, 7) is 2.37. The molecule has 2 fully saturated rings. The van der Waals surface area contributed by atoms with Crippen LogP contribution in [0.1, 0.15) is 37.9 Å². The quantitative estimate of drug-likeness (QED) is 0.849. The second kappa shape index (κ2) is 5.13. The molecule has 21 heavy (non-hydrogen) atoms. The fraction of sp³-hybridized carbons (Fsp3) is 0.750. The fourth-order valence-corrected chi connectivity index (χ4v) is 4.61. The number of amides is 1. The van der Waals surface area contributed by atoms with Crippen LogP contribution in [0.2, 0.25) is 0 Å². The van der Waals surface area contributed by atoms with Gasteiger partial charge >= 0.3 is 0 Å². The molecule has 5 heteroatoms. The zero-order chi connectivity index (χ0) is 14.4. The Kier molecular flexibility index (Phi) is 3.25. The summed E-state index contributed by atoms with van der Waals surface area (Å²) in [5.74, 6) is 2.69. The number of hydrogen-bond acceptors (Lipinski definition) is 3. The minimum Gasteiger partial charge on any atom is -0.333 e. The lowest BCUT2D eigenvalue weighted by Crippen LogP contribution is -2.50. The average molecular weight is 288 g/mol. The van der Waals surface area contributed by atoms with Crippen LogP contribution in [0.4, 0.5) is 0 Å². The number of fused-ring (bicyclic) bond motifs is 3. The van der Waals surface area contributed by atoms with Gasteiger partial charge in [-0.3, -0.25) is 4.79 Å². The van der Waals surface area contributed by atoms with E-state index in [1.165, 1.54) is 19.3 Å². The van der Waals surface area contributed by atoms with Gasteiger partial charge in [0, 0.05) is 37.4 Å². The van der Waals surface area contributed by atoms with Gasteiger partial charge in [0.15, 0.2) is 0 Å². The lowest BCUT2D eigenvalue weighted by atomic mass is 9.65. The van der Waals surface area contributed by atoms with Crippen LogP contribution in [-0.2, 0) is 17.9 Å². The van der Waals surface area contributed by atoms with Gasteiger partial charge in [0.25, 0.3) is 0 Å². The molecular weight excluding hydrogens is 264 g/mol. The first kappa shape index (κ1) is 13.3. The predicted octanol–water partition coefficient (Wildman–Crippen LogP) is 1.38. The summed E-state index contributed by atoms with van der Waals surface area (Å²) in [5.41, 5.74) is 6.34. The summed E-state index contributed by atoms with van der Waals surface area (Å²) in [5, 5.41) is 0. The van der Waals surface area contributed by atoms with Crippen LogP contribution in [0.5, 0.6) is 0 Å². The number of aromatic nitrogens is 2.